The summed E-state index contributed by atoms with van der Waals surface area (Å²) >= 11 is 0. The third-order valence-electron chi connectivity index (χ3n) is 2.97. The van der Waals surface area contributed by atoms with Crippen LogP contribution in [0.3, 0.4) is 0 Å². The molecule has 0 aliphatic heterocycles. The highest BCUT2D eigenvalue weighted by Crippen LogP contribution is 2.07. The van der Waals surface area contributed by atoms with Gasteiger partial charge in [-0.25, -0.2) is 0 Å². The second kappa shape index (κ2) is 9.51. The van der Waals surface area contributed by atoms with Crippen molar-refractivity contribution in [2.24, 2.45) is 11.8 Å². The monoisotopic (exact) mass is 199 g/mol. The highest BCUT2D eigenvalue weighted by Gasteiger charge is 2.01. The van der Waals surface area contributed by atoms with Crippen LogP contribution in [0, 0.1) is 11.8 Å². The standard InChI is InChI=1S/C13H29N/c1-5-13(6-2)11-14-10-8-7-9-12(3)4/h12-14H,5-11H2,1-4H3. The molecule has 0 saturated heterocycles. The molecule has 0 radical (unpaired) electrons. The molecule has 0 bridgehead atoms. The first-order valence-electron chi connectivity index (χ1n) is 6.41. The van der Waals surface area contributed by atoms with Crippen molar-refractivity contribution in [1.29, 1.82) is 0 Å². The van der Waals surface area contributed by atoms with Crippen LogP contribution in [-0.2, 0) is 0 Å². The average Bonchev–Trinajstić information content (AvgIpc) is 2.16. The van der Waals surface area contributed by atoms with E-state index in [-0.39, 0.29) is 0 Å². The summed E-state index contributed by atoms with van der Waals surface area (Å²) in [6.07, 6.45) is 6.74. The van der Waals surface area contributed by atoms with Crippen LogP contribution in [0.2, 0.25) is 0 Å². The minimum absolute atomic E-state index is 0.869. The summed E-state index contributed by atoms with van der Waals surface area (Å²) in [6, 6.07) is 0. The van der Waals surface area contributed by atoms with E-state index >= 15 is 0 Å². The topological polar surface area (TPSA) is 12.0 Å². The van der Waals surface area contributed by atoms with Gasteiger partial charge in [-0.3, -0.25) is 0 Å². The Balaban J connectivity index is 3.12. The van der Waals surface area contributed by atoms with Gasteiger partial charge in [0.25, 0.3) is 0 Å². The molecule has 0 fully saturated rings. The van der Waals surface area contributed by atoms with E-state index < -0.39 is 0 Å². The molecule has 0 spiro atoms. The van der Waals surface area contributed by atoms with E-state index in [1.807, 2.05) is 0 Å². The Morgan fingerprint density at radius 3 is 2.14 bits per heavy atom. The summed E-state index contributed by atoms with van der Waals surface area (Å²) in [5.41, 5.74) is 0. The van der Waals surface area contributed by atoms with Crippen LogP contribution in [0.15, 0.2) is 0 Å². The van der Waals surface area contributed by atoms with Gasteiger partial charge in [0.15, 0.2) is 0 Å². The van der Waals surface area contributed by atoms with Crippen LogP contribution in [0.1, 0.15) is 59.8 Å². The zero-order valence-corrected chi connectivity index (χ0v) is 10.6. The van der Waals surface area contributed by atoms with Crippen molar-refractivity contribution in [3.05, 3.63) is 0 Å². The molecule has 1 nitrogen and oxygen atoms in total. The fourth-order valence-electron chi connectivity index (χ4n) is 1.69. The van der Waals surface area contributed by atoms with Gasteiger partial charge in [0.2, 0.25) is 0 Å². The van der Waals surface area contributed by atoms with Gasteiger partial charge < -0.3 is 5.32 Å². The lowest BCUT2D eigenvalue weighted by molar-refractivity contribution is 0.439. The molecule has 0 aromatic carbocycles. The molecule has 0 heterocycles. The van der Waals surface area contributed by atoms with Crippen molar-refractivity contribution >= 4 is 0 Å². The average molecular weight is 199 g/mol. The van der Waals surface area contributed by atoms with Crippen LogP contribution < -0.4 is 5.32 Å². The van der Waals surface area contributed by atoms with Crippen LogP contribution in [0.4, 0.5) is 0 Å². The van der Waals surface area contributed by atoms with Crippen molar-refractivity contribution in [3.8, 4) is 0 Å². The Labute approximate surface area is 90.7 Å². The van der Waals surface area contributed by atoms with E-state index in [2.05, 4.69) is 33.0 Å². The van der Waals surface area contributed by atoms with Crippen molar-refractivity contribution in [2.45, 2.75) is 59.8 Å². The summed E-state index contributed by atoms with van der Waals surface area (Å²) in [4.78, 5) is 0. The zero-order valence-electron chi connectivity index (χ0n) is 10.6. The van der Waals surface area contributed by atoms with E-state index in [1.54, 1.807) is 0 Å². The van der Waals surface area contributed by atoms with Gasteiger partial charge in [0, 0.05) is 0 Å². The Bertz CT molecular complexity index is 106. The quantitative estimate of drug-likeness (QED) is 0.556. The third-order valence-corrected chi connectivity index (χ3v) is 2.97. The summed E-state index contributed by atoms with van der Waals surface area (Å²) in [5.74, 6) is 1.76. The predicted octanol–water partition coefficient (Wildman–Crippen LogP) is 3.84. The Hall–Kier alpha value is -0.0400. The summed E-state index contributed by atoms with van der Waals surface area (Å²) in [6.45, 7) is 11.6. The SMILES string of the molecule is CCC(CC)CNCCCCC(C)C. The first kappa shape index (κ1) is 14.0. The first-order valence-corrected chi connectivity index (χ1v) is 6.41. The van der Waals surface area contributed by atoms with Gasteiger partial charge in [-0.1, -0.05) is 53.4 Å². The number of hydrogen-bond acceptors (Lipinski definition) is 1. The van der Waals surface area contributed by atoms with Crippen molar-refractivity contribution in [1.82, 2.24) is 5.32 Å². The van der Waals surface area contributed by atoms with Crippen molar-refractivity contribution in [2.75, 3.05) is 13.1 Å². The van der Waals surface area contributed by atoms with Crippen LogP contribution in [0.25, 0.3) is 0 Å². The van der Waals surface area contributed by atoms with Crippen LogP contribution >= 0.6 is 0 Å². The molecule has 86 valence electrons. The van der Waals surface area contributed by atoms with E-state index in [0.717, 1.165) is 11.8 Å². The lowest BCUT2D eigenvalue weighted by Crippen LogP contribution is -2.23. The van der Waals surface area contributed by atoms with Crippen LogP contribution in [0.5, 0.6) is 0 Å². The number of rotatable bonds is 9. The number of hydrogen-bond donors (Lipinski definition) is 1. The number of unbranched alkanes of at least 4 members (excludes halogenated alkanes) is 1. The minimum atomic E-state index is 0.869. The van der Waals surface area contributed by atoms with Crippen LogP contribution in [-0.4, -0.2) is 13.1 Å². The van der Waals surface area contributed by atoms with Gasteiger partial charge in [-0.2, -0.15) is 0 Å². The summed E-state index contributed by atoms with van der Waals surface area (Å²) in [5, 5.41) is 3.56. The first-order chi connectivity index (χ1) is 6.70. The molecule has 0 aromatic heterocycles. The second-order valence-electron chi connectivity index (χ2n) is 4.78. The third kappa shape index (κ3) is 8.55. The lowest BCUT2D eigenvalue weighted by atomic mass is 10.0. The zero-order chi connectivity index (χ0) is 10.8. The molecule has 0 aliphatic rings. The fourth-order valence-corrected chi connectivity index (χ4v) is 1.69. The van der Waals surface area contributed by atoms with Gasteiger partial charge in [0.1, 0.15) is 0 Å². The van der Waals surface area contributed by atoms with Crippen molar-refractivity contribution < 1.29 is 0 Å². The molecular formula is C13H29N. The molecule has 0 rings (SSSR count). The van der Waals surface area contributed by atoms with E-state index in [4.69, 9.17) is 0 Å². The molecule has 1 N–H and O–H groups in total. The Morgan fingerprint density at radius 1 is 1.00 bits per heavy atom. The van der Waals surface area contributed by atoms with Gasteiger partial charge >= 0.3 is 0 Å². The molecule has 0 atom stereocenters. The Kier molecular flexibility index (Phi) is 9.49. The molecule has 1 heteroatoms. The Morgan fingerprint density at radius 2 is 1.64 bits per heavy atom. The summed E-state index contributed by atoms with van der Waals surface area (Å²) < 4.78 is 0. The van der Waals surface area contributed by atoms with Crippen molar-refractivity contribution in [3.63, 3.8) is 0 Å². The van der Waals surface area contributed by atoms with E-state index in [1.165, 1.54) is 45.2 Å². The van der Waals surface area contributed by atoms with Gasteiger partial charge in [-0.15, -0.1) is 0 Å². The highest BCUT2D eigenvalue weighted by atomic mass is 14.8. The van der Waals surface area contributed by atoms with E-state index in [9.17, 15) is 0 Å². The predicted molar refractivity (Wildman–Crippen MR) is 65.6 cm³/mol. The molecule has 0 aliphatic carbocycles. The van der Waals surface area contributed by atoms with E-state index in [0.29, 0.717) is 0 Å². The normalized spacial score (nSPS) is 11.6. The molecular weight excluding hydrogens is 170 g/mol. The maximum atomic E-state index is 3.56. The number of nitrogens with one attached hydrogen (secondary N) is 1. The van der Waals surface area contributed by atoms with Gasteiger partial charge in [0.05, 0.1) is 0 Å². The fraction of sp³-hybridized carbons (Fsp3) is 1.00. The molecule has 0 unspecified atom stereocenters. The maximum Gasteiger partial charge on any atom is -0.00207 e. The molecule has 0 aromatic rings. The van der Waals surface area contributed by atoms with Gasteiger partial charge in [-0.05, 0) is 31.3 Å². The smallest absolute Gasteiger partial charge is 0.00207 e. The second-order valence-corrected chi connectivity index (χ2v) is 4.78. The highest BCUT2D eigenvalue weighted by molar-refractivity contribution is 4.58. The maximum absolute atomic E-state index is 3.56. The lowest BCUT2D eigenvalue weighted by Gasteiger charge is -2.13. The molecule has 14 heavy (non-hydrogen) atoms. The minimum Gasteiger partial charge on any atom is -0.316 e. The molecule has 0 saturated carbocycles. The largest absolute Gasteiger partial charge is 0.316 e. The summed E-state index contributed by atoms with van der Waals surface area (Å²) in [7, 11) is 0. The molecule has 0 amide bonds.